The van der Waals surface area contributed by atoms with E-state index in [1.54, 1.807) is 13.8 Å². The number of rotatable bonds is 6. The van der Waals surface area contributed by atoms with Crippen molar-refractivity contribution in [1.29, 1.82) is 0 Å². The van der Waals surface area contributed by atoms with E-state index in [9.17, 15) is 4.79 Å². The Labute approximate surface area is 148 Å². The third-order valence-electron chi connectivity index (χ3n) is 4.30. The van der Waals surface area contributed by atoms with Gasteiger partial charge in [0.05, 0.1) is 13.2 Å². The van der Waals surface area contributed by atoms with E-state index in [1.165, 1.54) is 0 Å². The Morgan fingerprint density at radius 1 is 1.12 bits per heavy atom. The summed E-state index contributed by atoms with van der Waals surface area (Å²) >= 11 is 0. The number of carbonyl (C=O) groups is 1. The molecule has 2 heterocycles. The molecule has 25 heavy (non-hydrogen) atoms. The average Bonchev–Trinajstić information content (AvgIpc) is 3.07. The van der Waals surface area contributed by atoms with Crippen LogP contribution < -0.4 is 0 Å². The molecule has 0 saturated carbocycles. The van der Waals surface area contributed by atoms with Crippen LogP contribution in [-0.4, -0.2) is 48.9 Å². The zero-order valence-electron chi connectivity index (χ0n) is 15.1. The number of hydrogen-bond donors (Lipinski definition) is 0. The van der Waals surface area contributed by atoms with Crippen molar-refractivity contribution in [2.45, 2.75) is 70.3 Å². The van der Waals surface area contributed by atoms with E-state index in [0.717, 1.165) is 11.8 Å². The smallest absolute Gasteiger partial charge is 0.164 e. The maximum Gasteiger partial charge on any atom is 0.164 e. The minimum Gasteiger partial charge on any atom is -0.368 e. The largest absolute Gasteiger partial charge is 0.368 e. The lowest BCUT2D eigenvalue weighted by Gasteiger charge is -2.30. The van der Waals surface area contributed by atoms with Crippen LogP contribution in [0.1, 0.15) is 33.3 Å². The van der Waals surface area contributed by atoms with Gasteiger partial charge in [-0.15, -0.1) is 0 Å². The van der Waals surface area contributed by atoms with E-state index in [4.69, 9.17) is 23.7 Å². The van der Waals surface area contributed by atoms with E-state index in [0.29, 0.717) is 13.2 Å². The number of hydrogen-bond acceptors (Lipinski definition) is 6. The number of ether oxygens (including phenoxy) is 5. The Morgan fingerprint density at radius 3 is 2.44 bits per heavy atom. The lowest BCUT2D eigenvalue weighted by Crippen LogP contribution is -2.47. The van der Waals surface area contributed by atoms with Gasteiger partial charge in [-0.25, -0.2) is 0 Å². The second-order valence-electron chi connectivity index (χ2n) is 7.33. The molecule has 2 aliphatic heterocycles. The zero-order chi connectivity index (χ0) is 18.1. The van der Waals surface area contributed by atoms with Crippen LogP contribution in [-0.2, 0) is 35.1 Å². The van der Waals surface area contributed by atoms with Crippen LogP contribution in [0.2, 0.25) is 0 Å². The third kappa shape index (κ3) is 4.46. The number of benzene rings is 1. The lowest BCUT2D eigenvalue weighted by molar-refractivity contribution is -0.190. The van der Waals surface area contributed by atoms with Gasteiger partial charge >= 0.3 is 0 Å². The van der Waals surface area contributed by atoms with Crippen LogP contribution in [0.3, 0.4) is 0 Å². The number of carbonyl (C=O) groups excluding carboxylic acids is 1. The van der Waals surface area contributed by atoms with Crippen molar-refractivity contribution in [2.24, 2.45) is 0 Å². The molecule has 1 aromatic carbocycles. The molecule has 3 rings (SSSR count). The van der Waals surface area contributed by atoms with Gasteiger partial charge in [0.1, 0.15) is 24.4 Å². The molecule has 138 valence electrons. The quantitative estimate of drug-likeness (QED) is 0.735. The molecule has 6 heteroatoms. The second-order valence-corrected chi connectivity index (χ2v) is 7.33. The highest BCUT2D eigenvalue weighted by molar-refractivity contribution is 5.58. The summed E-state index contributed by atoms with van der Waals surface area (Å²) < 4.78 is 29.5. The standard InChI is InChI=1S/C19H26O6/c1-18(2)22-12-15(24-18)16(21-11-13-8-6-5-7-9-13)17-14(10-20)23-19(3,4)25-17/h5-10,14-17H,11-12H2,1-4H3/t14-,15+,16-,17+/m1/s1. The van der Waals surface area contributed by atoms with Crippen LogP contribution in [0.4, 0.5) is 0 Å². The van der Waals surface area contributed by atoms with Crippen molar-refractivity contribution >= 4 is 6.29 Å². The summed E-state index contributed by atoms with van der Waals surface area (Å²) in [5.41, 5.74) is 1.03. The molecular formula is C19H26O6. The monoisotopic (exact) mass is 350 g/mol. The Morgan fingerprint density at radius 2 is 1.84 bits per heavy atom. The molecular weight excluding hydrogens is 324 g/mol. The summed E-state index contributed by atoms with van der Waals surface area (Å²) in [7, 11) is 0. The van der Waals surface area contributed by atoms with E-state index >= 15 is 0 Å². The molecule has 0 radical (unpaired) electrons. The van der Waals surface area contributed by atoms with Gasteiger partial charge in [0, 0.05) is 0 Å². The minimum absolute atomic E-state index is 0.344. The van der Waals surface area contributed by atoms with Gasteiger partial charge in [0.25, 0.3) is 0 Å². The van der Waals surface area contributed by atoms with Crippen molar-refractivity contribution in [3.05, 3.63) is 35.9 Å². The van der Waals surface area contributed by atoms with Crippen molar-refractivity contribution in [2.75, 3.05) is 6.61 Å². The van der Waals surface area contributed by atoms with Gasteiger partial charge in [-0.1, -0.05) is 30.3 Å². The van der Waals surface area contributed by atoms with Crippen LogP contribution in [0.5, 0.6) is 0 Å². The highest BCUT2D eigenvalue weighted by atomic mass is 16.8. The van der Waals surface area contributed by atoms with E-state index in [-0.39, 0.29) is 6.10 Å². The average molecular weight is 350 g/mol. The van der Waals surface area contributed by atoms with Crippen molar-refractivity contribution < 1.29 is 28.5 Å². The minimum atomic E-state index is -0.848. The highest BCUT2D eigenvalue weighted by Gasteiger charge is 2.51. The van der Waals surface area contributed by atoms with Crippen LogP contribution in [0.25, 0.3) is 0 Å². The SMILES string of the molecule is CC1(C)OC[C@@H]([C@@H](OCc2ccccc2)[C@H]2OC(C)(C)O[C@@H]2C=O)O1. The molecule has 0 spiro atoms. The van der Waals surface area contributed by atoms with E-state index in [2.05, 4.69) is 0 Å². The molecule has 0 bridgehead atoms. The molecule has 2 aliphatic rings. The van der Waals surface area contributed by atoms with Gasteiger partial charge in [0.15, 0.2) is 17.9 Å². The molecule has 4 atom stereocenters. The lowest BCUT2D eigenvalue weighted by atomic mass is 10.0. The molecule has 0 amide bonds. The molecule has 6 nitrogen and oxygen atoms in total. The molecule has 0 N–H and O–H groups in total. The topological polar surface area (TPSA) is 63.2 Å². The second kappa shape index (κ2) is 7.13. The summed E-state index contributed by atoms with van der Waals surface area (Å²) in [5, 5.41) is 0. The summed E-state index contributed by atoms with van der Waals surface area (Å²) in [6.07, 6.45) is -1.33. The van der Waals surface area contributed by atoms with Crippen molar-refractivity contribution in [3.63, 3.8) is 0 Å². The third-order valence-corrected chi connectivity index (χ3v) is 4.30. The normalized spacial score (nSPS) is 31.8. The molecule has 2 fully saturated rings. The van der Waals surface area contributed by atoms with Gasteiger partial charge in [-0.05, 0) is 33.3 Å². The summed E-state index contributed by atoms with van der Waals surface area (Å²) in [6.45, 7) is 8.04. The highest BCUT2D eigenvalue weighted by Crippen LogP contribution is 2.35. The summed E-state index contributed by atoms with van der Waals surface area (Å²) in [6, 6.07) is 9.84. The van der Waals surface area contributed by atoms with Gasteiger partial charge in [0.2, 0.25) is 0 Å². The number of aldehydes is 1. The predicted octanol–water partition coefficient (Wildman–Crippen LogP) is 2.44. The van der Waals surface area contributed by atoms with E-state index in [1.807, 2.05) is 44.2 Å². The summed E-state index contributed by atoms with van der Waals surface area (Å²) in [5.74, 6) is -1.54. The first-order valence-electron chi connectivity index (χ1n) is 8.58. The Bertz CT molecular complexity index is 585. The fourth-order valence-electron chi connectivity index (χ4n) is 3.23. The Kier molecular flexibility index (Phi) is 5.27. The predicted molar refractivity (Wildman–Crippen MR) is 89.8 cm³/mol. The maximum absolute atomic E-state index is 11.5. The van der Waals surface area contributed by atoms with E-state index < -0.39 is 29.9 Å². The zero-order valence-corrected chi connectivity index (χ0v) is 15.1. The van der Waals surface area contributed by atoms with Gasteiger partial charge in [-0.3, -0.25) is 0 Å². The van der Waals surface area contributed by atoms with Crippen LogP contribution >= 0.6 is 0 Å². The summed E-state index contributed by atoms with van der Waals surface area (Å²) in [4.78, 5) is 11.5. The fourth-order valence-corrected chi connectivity index (χ4v) is 3.23. The maximum atomic E-state index is 11.5. The fraction of sp³-hybridized carbons (Fsp3) is 0.632. The first kappa shape index (κ1) is 18.5. The molecule has 1 aromatic rings. The first-order chi connectivity index (χ1) is 11.8. The van der Waals surface area contributed by atoms with Gasteiger partial charge < -0.3 is 28.5 Å². The molecule has 0 aromatic heterocycles. The Balaban J connectivity index is 1.78. The van der Waals surface area contributed by atoms with Crippen molar-refractivity contribution in [1.82, 2.24) is 0 Å². The molecule has 2 saturated heterocycles. The Hall–Kier alpha value is -1.31. The van der Waals surface area contributed by atoms with Gasteiger partial charge in [-0.2, -0.15) is 0 Å². The molecule has 0 unspecified atom stereocenters. The van der Waals surface area contributed by atoms with Crippen LogP contribution in [0.15, 0.2) is 30.3 Å². The first-order valence-corrected chi connectivity index (χ1v) is 8.58. The molecule has 0 aliphatic carbocycles. The van der Waals surface area contributed by atoms with Crippen molar-refractivity contribution in [3.8, 4) is 0 Å². The van der Waals surface area contributed by atoms with Crippen LogP contribution in [0, 0.1) is 0 Å².